The van der Waals surface area contributed by atoms with Crippen LogP contribution in [0.15, 0.2) is 28.9 Å². The maximum atomic E-state index is 13.0. The zero-order valence-electron chi connectivity index (χ0n) is 16.2. The molecular weight excluding hydrogens is 376 g/mol. The largest absolute Gasteiger partial charge is 0.379 e. The van der Waals surface area contributed by atoms with Crippen LogP contribution in [0.3, 0.4) is 0 Å². The van der Waals surface area contributed by atoms with Crippen molar-refractivity contribution in [1.29, 1.82) is 0 Å². The smallest absolute Gasteiger partial charge is 0.298 e. The Labute approximate surface area is 167 Å². The number of anilines is 1. The van der Waals surface area contributed by atoms with E-state index in [1.54, 1.807) is 11.0 Å². The lowest BCUT2D eigenvalue weighted by Gasteiger charge is -2.27. The summed E-state index contributed by atoms with van der Waals surface area (Å²) in [7, 11) is 0. The van der Waals surface area contributed by atoms with Crippen molar-refractivity contribution in [2.45, 2.75) is 20.3 Å². The minimum Gasteiger partial charge on any atom is -0.379 e. The molecule has 0 aliphatic carbocycles. The highest BCUT2D eigenvalue weighted by Gasteiger charge is 2.24. The molecule has 7 nitrogen and oxygen atoms in total. The third-order valence-electron chi connectivity index (χ3n) is 5.16. The summed E-state index contributed by atoms with van der Waals surface area (Å²) in [4.78, 5) is 21.9. The number of aryl methyl sites for hydroxylation is 2. The summed E-state index contributed by atoms with van der Waals surface area (Å²) in [5.74, 6) is 0.0337. The van der Waals surface area contributed by atoms with Crippen molar-refractivity contribution >= 4 is 32.6 Å². The second-order valence-corrected chi connectivity index (χ2v) is 8.00. The molecule has 8 heteroatoms. The highest BCUT2D eigenvalue weighted by molar-refractivity contribution is 7.22. The number of ether oxygens (including phenoxy) is 1. The topological polar surface area (TPSA) is 71.7 Å². The number of carbonyl (C=O) groups is 1. The number of morpholine rings is 1. The molecule has 3 heterocycles. The fourth-order valence-electron chi connectivity index (χ4n) is 3.35. The van der Waals surface area contributed by atoms with Crippen LogP contribution in [0.5, 0.6) is 0 Å². The van der Waals surface area contributed by atoms with Crippen LogP contribution < -0.4 is 4.90 Å². The van der Waals surface area contributed by atoms with Crippen molar-refractivity contribution in [2.24, 2.45) is 0 Å². The van der Waals surface area contributed by atoms with Crippen LogP contribution in [0, 0.1) is 13.8 Å². The van der Waals surface area contributed by atoms with Gasteiger partial charge in [0.25, 0.3) is 5.91 Å². The lowest BCUT2D eigenvalue weighted by Crippen LogP contribution is -2.39. The van der Waals surface area contributed by atoms with Gasteiger partial charge in [0.15, 0.2) is 5.13 Å². The number of hydrogen-bond donors (Lipinski definition) is 0. The molecule has 0 spiro atoms. The van der Waals surface area contributed by atoms with Crippen molar-refractivity contribution in [3.63, 3.8) is 0 Å². The SMILES string of the molecule is Cc1ccc2sc(N(CCCN3CCOCC3)C(=O)c3ccno3)nc2c1C. The van der Waals surface area contributed by atoms with Crippen LogP contribution in [0.25, 0.3) is 10.2 Å². The summed E-state index contributed by atoms with van der Waals surface area (Å²) in [5, 5.41) is 4.38. The van der Waals surface area contributed by atoms with Gasteiger partial charge in [-0.1, -0.05) is 22.6 Å². The first-order chi connectivity index (χ1) is 13.6. The molecule has 0 N–H and O–H groups in total. The lowest BCUT2D eigenvalue weighted by atomic mass is 10.1. The zero-order valence-corrected chi connectivity index (χ0v) is 17.0. The third-order valence-corrected chi connectivity index (χ3v) is 6.20. The van der Waals surface area contributed by atoms with Gasteiger partial charge < -0.3 is 9.26 Å². The Balaban J connectivity index is 1.57. The summed E-state index contributed by atoms with van der Waals surface area (Å²) >= 11 is 1.54. The summed E-state index contributed by atoms with van der Waals surface area (Å²) in [5.41, 5.74) is 3.31. The molecule has 0 radical (unpaired) electrons. The highest BCUT2D eigenvalue weighted by Crippen LogP contribution is 2.32. The number of thiazole rings is 1. The number of benzene rings is 1. The second kappa shape index (κ2) is 8.38. The van der Waals surface area contributed by atoms with E-state index in [9.17, 15) is 4.79 Å². The lowest BCUT2D eigenvalue weighted by molar-refractivity contribution is 0.0376. The van der Waals surface area contributed by atoms with Gasteiger partial charge in [-0.15, -0.1) is 0 Å². The number of fused-ring (bicyclic) bond motifs is 1. The molecule has 1 aromatic carbocycles. The Morgan fingerprint density at radius 2 is 2.07 bits per heavy atom. The predicted octanol–water partition coefficient (Wildman–Crippen LogP) is 3.27. The second-order valence-electron chi connectivity index (χ2n) is 6.99. The highest BCUT2D eigenvalue weighted by atomic mass is 32.1. The Bertz CT molecular complexity index is 948. The molecule has 0 bridgehead atoms. The van der Waals surface area contributed by atoms with Gasteiger partial charge in [0.1, 0.15) is 0 Å². The van der Waals surface area contributed by atoms with Crippen LogP contribution in [-0.4, -0.2) is 60.3 Å². The van der Waals surface area contributed by atoms with Gasteiger partial charge in [-0.05, 0) is 37.5 Å². The Morgan fingerprint density at radius 1 is 1.25 bits per heavy atom. The first-order valence-corrected chi connectivity index (χ1v) is 10.3. The van der Waals surface area contributed by atoms with Crippen molar-refractivity contribution in [3.8, 4) is 0 Å². The van der Waals surface area contributed by atoms with Crippen LogP contribution in [0.4, 0.5) is 5.13 Å². The summed E-state index contributed by atoms with van der Waals surface area (Å²) < 4.78 is 11.6. The average Bonchev–Trinajstić information content (AvgIpc) is 3.39. The van der Waals surface area contributed by atoms with Gasteiger partial charge in [-0.2, -0.15) is 0 Å². The fraction of sp³-hybridized carbons (Fsp3) is 0.450. The van der Waals surface area contributed by atoms with Crippen molar-refractivity contribution < 1.29 is 14.1 Å². The summed E-state index contributed by atoms with van der Waals surface area (Å²) in [6, 6.07) is 5.77. The van der Waals surface area contributed by atoms with Crippen LogP contribution >= 0.6 is 11.3 Å². The van der Waals surface area contributed by atoms with Crippen molar-refractivity contribution in [3.05, 3.63) is 41.3 Å². The maximum Gasteiger partial charge on any atom is 0.298 e. The predicted molar refractivity (Wildman–Crippen MR) is 109 cm³/mol. The van der Waals surface area contributed by atoms with E-state index >= 15 is 0 Å². The van der Waals surface area contributed by atoms with E-state index < -0.39 is 0 Å². The minimum atomic E-state index is -0.201. The summed E-state index contributed by atoms with van der Waals surface area (Å²) in [6.45, 7) is 9.08. The van der Waals surface area contributed by atoms with Crippen LogP contribution in [0.2, 0.25) is 0 Å². The van der Waals surface area contributed by atoms with Crippen molar-refractivity contribution in [1.82, 2.24) is 15.0 Å². The molecule has 1 fully saturated rings. The quantitative estimate of drug-likeness (QED) is 0.632. The molecule has 3 aromatic rings. The molecule has 1 amide bonds. The Kier molecular flexibility index (Phi) is 5.70. The van der Waals surface area contributed by atoms with Gasteiger partial charge in [-0.25, -0.2) is 4.98 Å². The molecule has 28 heavy (non-hydrogen) atoms. The monoisotopic (exact) mass is 400 g/mol. The number of aromatic nitrogens is 2. The fourth-order valence-corrected chi connectivity index (χ4v) is 4.40. The minimum absolute atomic E-state index is 0.201. The molecule has 0 unspecified atom stereocenters. The van der Waals surface area contributed by atoms with Crippen LogP contribution in [-0.2, 0) is 4.74 Å². The van der Waals surface area contributed by atoms with Gasteiger partial charge >= 0.3 is 0 Å². The van der Waals surface area contributed by atoms with Gasteiger partial charge in [0, 0.05) is 32.2 Å². The van der Waals surface area contributed by atoms with E-state index in [0.717, 1.165) is 55.0 Å². The molecule has 148 valence electrons. The first kappa shape index (κ1) is 19.0. The Hall–Kier alpha value is -2.29. The van der Waals surface area contributed by atoms with E-state index in [4.69, 9.17) is 14.2 Å². The summed E-state index contributed by atoms with van der Waals surface area (Å²) in [6.07, 6.45) is 2.35. The number of nitrogens with zero attached hydrogens (tertiary/aromatic N) is 4. The zero-order chi connectivity index (χ0) is 19.5. The van der Waals surface area contributed by atoms with E-state index in [-0.39, 0.29) is 11.7 Å². The molecule has 2 aromatic heterocycles. The molecule has 0 saturated carbocycles. The average molecular weight is 401 g/mol. The number of hydrogen-bond acceptors (Lipinski definition) is 7. The first-order valence-electron chi connectivity index (χ1n) is 9.53. The molecule has 1 aliphatic rings. The van der Waals surface area contributed by atoms with Gasteiger partial charge in [-0.3, -0.25) is 14.6 Å². The van der Waals surface area contributed by atoms with E-state index in [2.05, 4.69) is 36.0 Å². The van der Waals surface area contributed by atoms with E-state index in [0.29, 0.717) is 11.7 Å². The van der Waals surface area contributed by atoms with E-state index in [1.807, 2.05) is 0 Å². The van der Waals surface area contributed by atoms with Crippen molar-refractivity contribution in [2.75, 3.05) is 44.3 Å². The molecule has 1 aliphatic heterocycles. The number of amides is 1. The van der Waals surface area contributed by atoms with Gasteiger partial charge in [0.05, 0.1) is 29.6 Å². The number of carbonyl (C=O) groups excluding carboxylic acids is 1. The molecule has 4 rings (SSSR count). The maximum absolute atomic E-state index is 13.0. The van der Waals surface area contributed by atoms with Gasteiger partial charge in [0.2, 0.25) is 5.76 Å². The molecule has 0 atom stereocenters. The Morgan fingerprint density at radius 3 is 2.82 bits per heavy atom. The number of rotatable bonds is 6. The normalized spacial score (nSPS) is 15.2. The standard InChI is InChI=1S/C20H24N4O3S/c1-14-4-5-17-18(15(14)2)22-20(28-17)24(19(25)16-6-7-21-27-16)9-3-8-23-10-12-26-13-11-23/h4-7H,3,8-13H2,1-2H3. The van der Waals surface area contributed by atoms with E-state index in [1.165, 1.54) is 23.1 Å². The van der Waals surface area contributed by atoms with Crippen LogP contribution in [0.1, 0.15) is 28.1 Å². The third kappa shape index (κ3) is 3.94. The molecule has 1 saturated heterocycles. The molecular formula is C20H24N4O3S.